The van der Waals surface area contributed by atoms with E-state index in [-0.39, 0.29) is 36.4 Å². The molecule has 0 bridgehead atoms. The Morgan fingerprint density at radius 1 is 1.02 bits per heavy atom. The smallest absolute Gasteiger partial charge is 0.262 e. The molecule has 11 nitrogen and oxygen atoms in total. The van der Waals surface area contributed by atoms with Crippen LogP contribution >= 0.6 is 11.3 Å². The van der Waals surface area contributed by atoms with Crippen molar-refractivity contribution >= 4 is 40.4 Å². The molecule has 1 aliphatic carbocycles. The molecule has 2 aliphatic rings. The summed E-state index contributed by atoms with van der Waals surface area (Å²) in [7, 11) is 0. The number of amides is 3. The number of unbranched alkanes of at least 4 members (excludes halogenated alkanes) is 3. The predicted octanol–water partition coefficient (Wildman–Crippen LogP) is 5.63. The number of nitrogens with one attached hydrogen (secondary N) is 3. The summed E-state index contributed by atoms with van der Waals surface area (Å²) in [5.74, 6) is 0.754. The van der Waals surface area contributed by atoms with Gasteiger partial charge >= 0.3 is 0 Å². The van der Waals surface area contributed by atoms with Gasteiger partial charge in [0.1, 0.15) is 11.5 Å². The number of benzene rings is 3. The Bertz CT molecular complexity index is 1730. The van der Waals surface area contributed by atoms with Crippen LogP contribution < -0.4 is 31.2 Å². The van der Waals surface area contributed by atoms with Crippen LogP contribution in [0, 0.1) is 0 Å². The largest absolute Gasteiger partial charge is 0.494 e. The fourth-order valence-corrected chi connectivity index (χ4v) is 6.36. The number of carbonyl (C=O) groups excluding carboxylic acids is 3. The van der Waals surface area contributed by atoms with Crippen molar-refractivity contribution in [3.8, 4) is 11.5 Å². The molecule has 3 aromatic carbocycles. The van der Waals surface area contributed by atoms with Crippen LogP contribution in [0.2, 0.25) is 0 Å². The highest BCUT2D eigenvalue weighted by Gasteiger charge is 2.33. The van der Waals surface area contributed by atoms with Crippen molar-refractivity contribution in [2.75, 3.05) is 36.9 Å². The first-order chi connectivity index (χ1) is 24.4. The lowest BCUT2D eigenvalue weighted by atomic mass is 10.1. The van der Waals surface area contributed by atoms with Crippen LogP contribution in [0.1, 0.15) is 70.5 Å². The maximum atomic E-state index is 13.5. The summed E-state index contributed by atoms with van der Waals surface area (Å²) in [5, 5.41) is 11.2. The number of hydrogen-bond acceptors (Lipinski definition) is 9. The molecule has 12 heteroatoms. The van der Waals surface area contributed by atoms with E-state index in [9.17, 15) is 14.4 Å². The van der Waals surface area contributed by atoms with Gasteiger partial charge in [-0.1, -0.05) is 25.0 Å². The highest BCUT2D eigenvalue weighted by atomic mass is 32.1. The first kappa shape index (κ1) is 35.1. The van der Waals surface area contributed by atoms with E-state index in [0.29, 0.717) is 41.4 Å². The number of anilines is 2. The van der Waals surface area contributed by atoms with Crippen LogP contribution in [-0.2, 0) is 17.8 Å². The van der Waals surface area contributed by atoms with Crippen molar-refractivity contribution < 1.29 is 23.9 Å². The zero-order chi connectivity index (χ0) is 34.7. The summed E-state index contributed by atoms with van der Waals surface area (Å²) in [5.41, 5.74) is 12.3. The first-order valence-electron chi connectivity index (χ1n) is 17.3. The zero-order valence-corrected chi connectivity index (χ0v) is 28.9. The molecule has 1 fully saturated rings. The van der Waals surface area contributed by atoms with E-state index in [4.69, 9.17) is 15.2 Å². The average Bonchev–Trinajstić information content (AvgIpc) is 3.85. The van der Waals surface area contributed by atoms with E-state index >= 15 is 0 Å². The molecular weight excluding hydrogens is 653 g/mol. The summed E-state index contributed by atoms with van der Waals surface area (Å²) in [4.78, 5) is 44.2. The van der Waals surface area contributed by atoms with Gasteiger partial charge in [0.2, 0.25) is 0 Å². The molecule has 6 rings (SSSR count). The maximum Gasteiger partial charge on any atom is 0.262 e. The second kappa shape index (κ2) is 17.2. The van der Waals surface area contributed by atoms with Gasteiger partial charge < -0.3 is 36.1 Å². The zero-order valence-electron chi connectivity index (χ0n) is 28.1. The molecule has 0 saturated heterocycles. The van der Waals surface area contributed by atoms with Gasteiger partial charge in [0.05, 0.1) is 23.5 Å². The summed E-state index contributed by atoms with van der Waals surface area (Å²) >= 11 is 1.60. The Labute approximate surface area is 296 Å². The van der Waals surface area contributed by atoms with E-state index in [1.165, 1.54) is 0 Å². The third kappa shape index (κ3) is 10.1. The van der Waals surface area contributed by atoms with E-state index in [0.717, 1.165) is 75.0 Å². The van der Waals surface area contributed by atoms with Crippen LogP contribution in [0.3, 0.4) is 0 Å². The second-order valence-electron chi connectivity index (χ2n) is 12.8. The molecule has 3 amide bonds. The Morgan fingerprint density at radius 3 is 2.56 bits per heavy atom. The third-order valence-electron chi connectivity index (χ3n) is 8.67. The topological polar surface area (TPSA) is 148 Å². The predicted molar refractivity (Wildman–Crippen MR) is 195 cm³/mol. The van der Waals surface area contributed by atoms with Gasteiger partial charge in [0.25, 0.3) is 17.7 Å². The average molecular weight is 697 g/mol. The minimum atomic E-state index is -0.213. The van der Waals surface area contributed by atoms with E-state index in [1.54, 1.807) is 41.7 Å². The summed E-state index contributed by atoms with van der Waals surface area (Å²) < 4.78 is 11.4. The molecule has 1 saturated carbocycles. The molecule has 1 aromatic heterocycles. The van der Waals surface area contributed by atoms with Gasteiger partial charge in [-0.05, 0) is 92.4 Å². The van der Waals surface area contributed by atoms with Crippen molar-refractivity contribution in [3.63, 3.8) is 0 Å². The minimum absolute atomic E-state index is 0.0662. The lowest BCUT2D eigenvalue weighted by Crippen LogP contribution is -2.36. The van der Waals surface area contributed by atoms with Crippen molar-refractivity contribution in [3.05, 3.63) is 100 Å². The molecule has 0 radical (unpaired) electrons. The number of thiazole rings is 1. The lowest BCUT2D eigenvalue weighted by molar-refractivity contribution is -0.118. The van der Waals surface area contributed by atoms with Crippen LogP contribution in [0.5, 0.6) is 11.5 Å². The van der Waals surface area contributed by atoms with Crippen molar-refractivity contribution in [1.29, 1.82) is 0 Å². The lowest BCUT2D eigenvalue weighted by Gasteiger charge is -2.24. The van der Waals surface area contributed by atoms with Gasteiger partial charge in [-0.3, -0.25) is 14.4 Å². The molecule has 5 N–H and O–H groups in total. The van der Waals surface area contributed by atoms with Crippen LogP contribution in [0.4, 0.5) is 11.4 Å². The van der Waals surface area contributed by atoms with Gasteiger partial charge in [0, 0.05) is 53.8 Å². The monoisotopic (exact) mass is 696 g/mol. The van der Waals surface area contributed by atoms with Crippen molar-refractivity contribution in [2.24, 2.45) is 5.73 Å². The summed E-state index contributed by atoms with van der Waals surface area (Å²) in [6.07, 6.45) is 7.04. The summed E-state index contributed by atoms with van der Waals surface area (Å²) in [6, 6.07) is 20.1. The normalized spacial score (nSPS) is 14.2. The number of ether oxygens (including phenoxy) is 2. The second-order valence-corrected chi connectivity index (χ2v) is 13.5. The number of fused-ring (bicyclic) bond motifs is 1. The van der Waals surface area contributed by atoms with E-state index in [1.807, 2.05) is 52.2 Å². The number of hydrogen-bond donors (Lipinski definition) is 4. The Kier molecular flexibility index (Phi) is 12.1. The summed E-state index contributed by atoms with van der Waals surface area (Å²) in [6.45, 7) is 2.77. The van der Waals surface area contributed by atoms with Crippen molar-refractivity contribution in [1.82, 2.24) is 15.2 Å². The molecule has 262 valence electrons. The number of carbonyl (C=O) groups is 3. The molecule has 0 spiro atoms. The highest BCUT2D eigenvalue weighted by Crippen LogP contribution is 2.33. The molecule has 4 aromatic rings. The van der Waals surface area contributed by atoms with Gasteiger partial charge in [-0.2, -0.15) is 0 Å². The van der Waals surface area contributed by atoms with Crippen LogP contribution in [0.25, 0.3) is 0 Å². The van der Waals surface area contributed by atoms with Crippen LogP contribution in [0.15, 0.2) is 77.6 Å². The maximum absolute atomic E-state index is 13.5. The Morgan fingerprint density at radius 2 is 1.80 bits per heavy atom. The fraction of sp³-hybridized carbons (Fsp3) is 0.368. The quantitative estimate of drug-likeness (QED) is 0.0980. The number of rotatable bonds is 18. The molecule has 50 heavy (non-hydrogen) atoms. The van der Waals surface area contributed by atoms with Gasteiger partial charge in [0.15, 0.2) is 6.61 Å². The number of nitrogens with zero attached hydrogens (tertiary/aromatic N) is 2. The number of nitrogens with two attached hydrogens (primary N) is 1. The highest BCUT2D eigenvalue weighted by molar-refractivity contribution is 7.07. The molecule has 0 unspecified atom stereocenters. The Balaban J connectivity index is 0.883. The molecular formula is C38H44N6O5S. The molecule has 1 aliphatic heterocycles. The molecule has 2 heterocycles. The Hall–Kier alpha value is -4.78. The molecule has 1 atom stereocenters. The van der Waals surface area contributed by atoms with E-state index in [2.05, 4.69) is 20.9 Å². The van der Waals surface area contributed by atoms with Crippen LogP contribution in [-0.4, -0.2) is 66.0 Å². The standard InChI is InChI=1S/C38H44N6O5S/c39-29(20-31-24-50-25-41-31)21-40-17-3-1-2-4-18-48-33-14-10-30(11-15-33)42-37(46)27-7-5-26(6-8-27)22-44(32-12-13-32)38(47)28-9-16-34-35(19-28)49-23-36(45)43-34/h5-11,14-16,19,24-25,29,32,40H,1-4,12-13,17-18,20-23,39H2,(H,42,46)(H,43,45)/t29-/m0/s1. The number of aromatic nitrogens is 1. The van der Waals surface area contributed by atoms with Gasteiger partial charge in [-0.15, -0.1) is 11.3 Å². The SMILES string of the molecule is N[C@H](CNCCCCCCOc1ccc(NC(=O)c2ccc(CN(C(=O)c3ccc4c(c3)OCC(=O)N4)C3CC3)cc2)cc1)Cc1cscn1. The first-order valence-corrected chi connectivity index (χ1v) is 18.2. The van der Waals surface area contributed by atoms with Gasteiger partial charge in [-0.25, -0.2) is 4.98 Å². The van der Waals surface area contributed by atoms with Crippen molar-refractivity contribution in [2.45, 2.75) is 63.6 Å². The van der Waals surface area contributed by atoms with E-state index < -0.39 is 0 Å². The minimum Gasteiger partial charge on any atom is -0.494 e. The third-order valence-corrected chi connectivity index (χ3v) is 9.30. The fourth-order valence-electron chi connectivity index (χ4n) is 5.78.